The van der Waals surface area contributed by atoms with Crippen LogP contribution in [0.25, 0.3) is 0 Å². The van der Waals surface area contributed by atoms with Crippen molar-refractivity contribution in [3.05, 3.63) is 35.9 Å². The highest BCUT2D eigenvalue weighted by atomic mass is 16.5. The molecule has 1 aromatic carbocycles. The second-order valence-electron chi connectivity index (χ2n) is 7.02. The number of carbonyl (C=O) groups excluding carboxylic acids is 1. The molecule has 2 aliphatic heterocycles. The van der Waals surface area contributed by atoms with Crippen molar-refractivity contribution in [1.29, 1.82) is 0 Å². The number of benzene rings is 1. The minimum atomic E-state index is -0.246. The van der Waals surface area contributed by atoms with Gasteiger partial charge in [-0.2, -0.15) is 0 Å². The predicted octanol–water partition coefficient (Wildman–Crippen LogP) is 1.77. The summed E-state index contributed by atoms with van der Waals surface area (Å²) in [5.41, 5.74) is 1.21. The maximum absolute atomic E-state index is 12.1. The minimum Gasteiger partial charge on any atom is -0.375 e. The third-order valence-corrected chi connectivity index (χ3v) is 5.02. The summed E-state index contributed by atoms with van der Waals surface area (Å²) < 4.78 is 11.8. The minimum absolute atomic E-state index is 0.0992. The van der Waals surface area contributed by atoms with Crippen molar-refractivity contribution in [3.8, 4) is 0 Å². The Kier molecular flexibility index (Phi) is 5.87. The van der Waals surface area contributed by atoms with E-state index in [1.807, 2.05) is 18.2 Å². The SMILES string of the molecule is CN(C)C(=O)[C@@H]1C[C@@H]2CCN(CCOCc3ccccc3)C[C@H]2O1. The topological polar surface area (TPSA) is 42.0 Å². The first-order valence-corrected chi connectivity index (χ1v) is 8.84. The van der Waals surface area contributed by atoms with E-state index in [-0.39, 0.29) is 18.1 Å². The van der Waals surface area contributed by atoms with Crippen LogP contribution in [0.1, 0.15) is 18.4 Å². The van der Waals surface area contributed by atoms with E-state index in [1.165, 1.54) is 5.56 Å². The van der Waals surface area contributed by atoms with Crippen LogP contribution in [0.3, 0.4) is 0 Å². The molecule has 5 heteroatoms. The largest absolute Gasteiger partial charge is 0.375 e. The number of rotatable bonds is 6. The summed E-state index contributed by atoms with van der Waals surface area (Å²) in [6.07, 6.45) is 1.94. The molecule has 132 valence electrons. The van der Waals surface area contributed by atoms with E-state index in [4.69, 9.17) is 9.47 Å². The number of nitrogens with zero attached hydrogens (tertiary/aromatic N) is 2. The molecule has 3 rings (SSSR count). The van der Waals surface area contributed by atoms with E-state index < -0.39 is 0 Å². The van der Waals surface area contributed by atoms with Gasteiger partial charge in [0, 0.05) is 27.2 Å². The van der Waals surface area contributed by atoms with Crippen molar-refractivity contribution in [2.24, 2.45) is 5.92 Å². The van der Waals surface area contributed by atoms with Crippen LogP contribution in [0.15, 0.2) is 30.3 Å². The number of piperidine rings is 1. The lowest BCUT2D eigenvalue weighted by molar-refractivity contribution is -0.141. The fourth-order valence-electron chi connectivity index (χ4n) is 3.60. The van der Waals surface area contributed by atoms with E-state index in [2.05, 4.69) is 17.0 Å². The third kappa shape index (κ3) is 4.35. The Labute approximate surface area is 144 Å². The molecule has 2 saturated heterocycles. The summed E-state index contributed by atoms with van der Waals surface area (Å²) in [4.78, 5) is 16.1. The van der Waals surface area contributed by atoms with E-state index >= 15 is 0 Å². The highest BCUT2D eigenvalue weighted by Crippen LogP contribution is 2.33. The van der Waals surface area contributed by atoms with Crippen molar-refractivity contribution in [3.63, 3.8) is 0 Å². The second kappa shape index (κ2) is 8.10. The molecule has 0 aromatic heterocycles. The Hall–Kier alpha value is -1.43. The first kappa shape index (κ1) is 17.4. The summed E-state index contributed by atoms with van der Waals surface area (Å²) in [6.45, 7) is 4.30. The van der Waals surface area contributed by atoms with Crippen LogP contribution in [0, 0.1) is 5.92 Å². The number of likely N-dealkylation sites (N-methyl/N-ethyl adjacent to an activating group) is 1. The molecular formula is C19H28N2O3. The Balaban J connectivity index is 1.38. The first-order valence-electron chi connectivity index (χ1n) is 8.84. The first-order chi connectivity index (χ1) is 11.6. The fourth-order valence-corrected chi connectivity index (χ4v) is 3.60. The molecule has 2 heterocycles. The van der Waals surface area contributed by atoms with Crippen LogP contribution in [0.2, 0.25) is 0 Å². The Morgan fingerprint density at radius 1 is 1.33 bits per heavy atom. The van der Waals surface area contributed by atoms with Gasteiger partial charge in [-0.05, 0) is 30.9 Å². The number of amides is 1. The lowest BCUT2D eigenvalue weighted by Gasteiger charge is -2.33. The maximum Gasteiger partial charge on any atom is 0.251 e. The molecule has 0 saturated carbocycles. The molecule has 0 radical (unpaired) electrons. The van der Waals surface area contributed by atoms with Crippen LogP contribution in [-0.2, 0) is 20.9 Å². The number of hydrogen-bond donors (Lipinski definition) is 0. The summed E-state index contributed by atoms with van der Waals surface area (Å²) in [7, 11) is 3.59. The molecule has 2 aliphatic rings. The molecule has 1 amide bonds. The number of ether oxygens (including phenoxy) is 2. The Morgan fingerprint density at radius 3 is 2.88 bits per heavy atom. The van der Waals surface area contributed by atoms with E-state index in [0.29, 0.717) is 12.5 Å². The lowest BCUT2D eigenvalue weighted by atomic mass is 9.91. The summed E-state index contributed by atoms with van der Waals surface area (Å²) in [5.74, 6) is 0.627. The van der Waals surface area contributed by atoms with Gasteiger partial charge in [-0.1, -0.05) is 30.3 Å². The monoisotopic (exact) mass is 332 g/mol. The smallest absolute Gasteiger partial charge is 0.251 e. The second-order valence-corrected chi connectivity index (χ2v) is 7.02. The Morgan fingerprint density at radius 2 is 2.12 bits per heavy atom. The van der Waals surface area contributed by atoms with Crippen LogP contribution in [-0.4, -0.2) is 68.3 Å². The molecule has 0 bridgehead atoms. The predicted molar refractivity (Wildman–Crippen MR) is 92.6 cm³/mol. The van der Waals surface area contributed by atoms with Crippen molar-refractivity contribution in [2.75, 3.05) is 40.3 Å². The fraction of sp³-hybridized carbons (Fsp3) is 0.632. The van der Waals surface area contributed by atoms with Crippen LogP contribution < -0.4 is 0 Å². The summed E-state index contributed by atoms with van der Waals surface area (Å²) >= 11 is 0. The van der Waals surface area contributed by atoms with Gasteiger partial charge >= 0.3 is 0 Å². The average Bonchev–Trinajstić information content (AvgIpc) is 3.02. The van der Waals surface area contributed by atoms with Crippen LogP contribution in [0.5, 0.6) is 0 Å². The zero-order chi connectivity index (χ0) is 16.9. The number of hydrogen-bond acceptors (Lipinski definition) is 4. The zero-order valence-corrected chi connectivity index (χ0v) is 14.7. The van der Waals surface area contributed by atoms with Gasteiger partial charge in [-0.25, -0.2) is 0 Å². The van der Waals surface area contributed by atoms with Crippen molar-refractivity contribution < 1.29 is 14.3 Å². The van der Waals surface area contributed by atoms with Crippen LogP contribution >= 0.6 is 0 Å². The van der Waals surface area contributed by atoms with Gasteiger partial charge in [0.15, 0.2) is 0 Å². The third-order valence-electron chi connectivity index (χ3n) is 5.02. The standard InChI is InChI=1S/C19H28N2O3/c1-20(2)19(22)17-12-16-8-9-21(13-18(16)24-17)10-11-23-14-15-6-4-3-5-7-15/h3-7,16-18H,8-14H2,1-2H3/t16-,17-,18+/m0/s1. The van der Waals surface area contributed by atoms with Gasteiger partial charge in [-0.3, -0.25) is 9.69 Å². The Bertz CT molecular complexity index is 535. The summed E-state index contributed by atoms with van der Waals surface area (Å²) in [5, 5.41) is 0. The summed E-state index contributed by atoms with van der Waals surface area (Å²) in [6, 6.07) is 10.3. The van der Waals surface area contributed by atoms with E-state index in [0.717, 1.165) is 39.1 Å². The highest BCUT2D eigenvalue weighted by molar-refractivity contribution is 5.80. The van der Waals surface area contributed by atoms with Gasteiger partial charge in [0.25, 0.3) is 5.91 Å². The normalized spacial score (nSPS) is 27.0. The van der Waals surface area contributed by atoms with Crippen molar-refractivity contribution >= 4 is 5.91 Å². The average molecular weight is 332 g/mol. The number of fused-ring (bicyclic) bond motifs is 1. The molecule has 24 heavy (non-hydrogen) atoms. The molecule has 0 N–H and O–H groups in total. The van der Waals surface area contributed by atoms with E-state index in [1.54, 1.807) is 19.0 Å². The van der Waals surface area contributed by atoms with Crippen molar-refractivity contribution in [2.45, 2.75) is 31.7 Å². The molecular weight excluding hydrogens is 304 g/mol. The molecule has 1 aromatic rings. The van der Waals surface area contributed by atoms with Gasteiger partial charge in [0.05, 0.1) is 19.3 Å². The van der Waals surface area contributed by atoms with Gasteiger partial charge in [0.1, 0.15) is 6.10 Å². The van der Waals surface area contributed by atoms with Gasteiger partial charge in [0.2, 0.25) is 0 Å². The molecule has 3 atom stereocenters. The molecule has 0 spiro atoms. The zero-order valence-electron chi connectivity index (χ0n) is 14.7. The molecule has 0 aliphatic carbocycles. The van der Waals surface area contributed by atoms with E-state index in [9.17, 15) is 4.79 Å². The van der Waals surface area contributed by atoms with Gasteiger partial charge in [-0.15, -0.1) is 0 Å². The number of likely N-dealkylation sites (tertiary alicyclic amines) is 1. The highest BCUT2D eigenvalue weighted by Gasteiger charge is 2.42. The van der Waals surface area contributed by atoms with Crippen molar-refractivity contribution in [1.82, 2.24) is 9.80 Å². The molecule has 0 unspecified atom stereocenters. The lowest BCUT2D eigenvalue weighted by Crippen LogP contribution is -2.43. The van der Waals surface area contributed by atoms with Gasteiger partial charge < -0.3 is 14.4 Å². The maximum atomic E-state index is 12.1. The van der Waals surface area contributed by atoms with Crippen LogP contribution in [0.4, 0.5) is 0 Å². The number of carbonyl (C=O) groups is 1. The molecule has 2 fully saturated rings. The quantitative estimate of drug-likeness (QED) is 0.745. The molecule has 5 nitrogen and oxygen atoms in total.